The smallest absolute Gasteiger partial charge is 0.270 e. The van der Waals surface area contributed by atoms with E-state index in [1.165, 1.54) is 17.3 Å². The lowest BCUT2D eigenvalue weighted by Crippen LogP contribution is -2.49. The van der Waals surface area contributed by atoms with Gasteiger partial charge < -0.3 is 18.8 Å². The lowest BCUT2D eigenvalue weighted by molar-refractivity contribution is 0.0737. The van der Waals surface area contributed by atoms with Crippen molar-refractivity contribution in [2.75, 3.05) is 31.1 Å². The Bertz CT molecular complexity index is 1290. The fraction of sp³-hybridized carbons (Fsp3) is 0.240. The minimum atomic E-state index is -0.904. The van der Waals surface area contributed by atoms with Crippen LogP contribution in [0.15, 0.2) is 65.3 Å². The van der Waals surface area contributed by atoms with Crippen LogP contribution in [0.2, 0.25) is 0 Å². The number of para-hydroxylation sites is 1. The van der Waals surface area contributed by atoms with E-state index >= 15 is 0 Å². The Labute approximate surface area is 184 Å². The van der Waals surface area contributed by atoms with E-state index < -0.39 is 11.6 Å². The van der Waals surface area contributed by atoms with Gasteiger partial charge in [0.1, 0.15) is 5.69 Å². The molecule has 5 rings (SSSR count). The second kappa shape index (κ2) is 8.15. The van der Waals surface area contributed by atoms with Crippen LogP contribution in [0.25, 0.3) is 11.1 Å². The highest BCUT2D eigenvalue weighted by Gasteiger charge is 2.26. The second-order valence-corrected chi connectivity index (χ2v) is 8.10. The zero-order valence-corrected chi connectivity index (χ0v) is 17.7. The maximum absolute atomic E-state index is 13.7. The molecule has 0 aliphatic carbocycles. The van der Waals surface area contributed by atoms with Crippen molar-refractivity contribution >= 4 is 22.7 Å². The van der Waals surface area contributed by atoms with Gasteiger partial charge in [0.25, 0.3) is 5.91 Å². The molecule has 1 aliphatic rings. The monoisotopic (exact) mass is 435 g/mol. The van der Waals surface area contributed by atoms with Crippen molar-refractivity contribution < 1.29 is 18.0 Å². The van der Waals surface area contributed by atoms with Crippen LogP contribution < -0.4 is 4.90 Å². The Hall–Kier alpha value is -3.61. The van der Waals surface area contributed by atoms with Gasteiger partial charge in [0.05, 0.1) is 11.8 Å². The van der Waals surface area contributed by atoms with Crippen molar-refractivity contribution in [2.24, 2.45) is 0 Å². The Morgan fingerprint density at radius 1 is 0.969 bits per heavy atom. The number of hydrogen-bond acceptors (Lipinski definition) is 3. The highest BCUT2D eigenvalue weighted by atomic mass is 19.2. The van der Waals surface area contributed by atoms with Crippen molar-refractivity contribution in [1.82, 2.24) is 9.47 Å². The Morgan fingerprint density at radius 3 is 2.50 bits per heavy atom. The molecule has 1 saturated heterocycles. The molecular formula is C25H23F2N3O2. The number of amides is 1. The maximum Gasteiger partial charge on any atom is 0.270 e. The summed E-state index contributed by atoms with van der Waals surface area (Å²) in [5.74, 6) is -1.89. The number of hydrogen-bond donors (Lipinski definition) is 0. The maximum atomic E-state index is 13.7. The van der Waals surface area contributed by atoms with Gasteiger partial charge in [0.2, 0.25) is 0 Å². The zero-order chi connectivity index (χ0) is 22.2. The van der Waals surface area contributed by atoms with E-state index in [0.717, 1.165) is 30.7 Å². The molecule has 0 N–H and O–H groups in total. The van der Waals surface area contributed by atoms with Crippen LogP contribution in [0.3, 0.4) is 0 Å². The second-order valence-electron chi connectivity index (χ2n) is 8.10. The molecule has 1 fully saturated rings. The first-order valence-electron chi connectivity index (χ1n) is 10.6. The quantitative estimate of drug-likeness (QED) is 0.461. The van der Waals surface area contributed by atoms with Crippen LogP contribution in [0.1, 0.15) is 21.6 Å². The number of carbonyl (C=O) groups is 1. The normalized spacial score (nSPS) is 14.3. The fourth-order valence-corrected chi connectivity index (χ4v) is 4.38. The summed E-state index contributed by atoms with van der Waals surface area (Å²) in [6.07, 6.45) is 1.56. The minimum Gasteiger partial charge on any atom is -0.463 e. The molecule has 0 atom stereocenters. The predicted molar refractivity (Wildman–Crippen MR) is 119 cm³/mol. The highest BCUT2D eigenvalue weighted by Crippen LogP contribution is 2.26. The van der Waals surface area contributed by atoms with Gasteiger partial charge in [-0.1, -0.05) is 24.3 Å². The molecule has 1 aliphatic heterocycles. The van der Waals surface area contributed by atoms with Crippen LogP contribution in [0.4, 0.5) is 14.5 Å². The molecule has 3 heterocycles. The van der Waals surface area contributed by atoms with Crippen LogP contribution in [0.5, 0.6) is 0 Å². The summed E-state index contributed by atoms with van der Waals surface area (Å²) in [4.78, 5) is 17.6. The first kappa shape index (κ1) is 20.3. The number of carbonyl (C=O) groups excluding carboxylic acids is 1. The molecule has 0 bridgehead atoms. The average Bonchev–Trinajstić information content (AvgIpc) is 3.39. The number of benzene rings is 2. The lowest BCUT2D eigenvalue weighted by Gasteiger charge is -2.37. The van der Waals surface area contributed by atoms with Gasteiger partial charge in [-0.3, -0.25) is 4.79 Å². The zero-order valence-electron chi connectivity index (χ0n) is 17.7. The number of anilines is 1. The Kier molecular flexibility index (Phi) is 5.17. The molecule has 7 heteroatoms. The summed E-state index contributed by atoms with van der Waals surface area (Å²) in [5, 5.41) is 0. The SMILES string of the molecule is Cc1ccccc1N1CCN(C(=O)c2cc3occc3n2Cc2ccc(F)c(F)c2)CC1. The highest BCUT2D eigenvalue weighted by molar-refractivity contribution is 5.97. The molecule has 1 amide bonds. The van der Waals surface area contributed by atoms with E-state index in [9.17, 15) is 13.6 Å². The van der Waals surface area contributed by atoms with Crippen LogP contribution >= 0.6 is 0 Å². The van der Waals surface area contributed by atoms with Crippen molar-refractivity contribution in [3.63, 3.8) is 0 Å². The molecule has 32 heavy (non-hydrogen) atoms. The number of halogens is 2. The molecular weight excluding hydrogens is 412 g/mol. The van der Waals surface area contributed by atoms with E-state index in [-0.39, 0.29) is 12.5 Å². The predicted octanol–water partition coefficient (Wildman–Crippen LogP) is 4.83. The summed E-state index contributed by atoms with van der Waals surface area (Å²) >= 11 is 0. The van der Waals surface area contributed by atoms with Gasteiger partial charge in [0.15, 0.2) is 17.2 Å². The minimum absolute atomic E-state index is 0.0941. The molecule has 2 aromatic heterocycles. The average molecular weight is 435 g/mol. The summed E-state index contributed by atoms with van der Waals surface area (Å²) in [7, 11) is 0. The molecule has 5 nitrogen and oxygen atoms in total. The van der Waals surface area contributed by atoms with E-state index in [1.807, 2.05) is 21.6 Å². The number of piperazine rings is 1. The van der Waals surface area contributed by atoms with Crippen molar-refractivity contribution in [2.45, 2.75) is 13.5 Å². The largest absolute Gasteiger partial charge is 0.463 e. The molecule has 2 aromatic carbocycles. The van der Waals surface area contributed by atoms with Crippen LogP contribution in [0, 0.1) is 18.6 Å². The number of rotatable bonds is 4. The number of nitrogens with zero attached hydrogens (tertiary/aromatic N) is 3. The summed E-state index contributed by atoms with van der Waals surface area (Å²) in [6.45, 7) is 5.03. The Balaban J connectivity index is 1.38. The van der Waals surface area contributed by atoms with E-state index in [1.54, 1.807) is 18.4 Å². The summed E-state index contributed by atoms with van der Waals surface area (Å²) in [6, 6.07) is 15.5. The third kappa shape index (κ3) is 3.64. The van der Waals surface area contributed by atoms with Gasteiger partial charge in [-0.25, -0.2) is 8.78 Å². The lowest BCUT2D eigenvalue weighted by atomic mass is 10.1. The molecule has 0 spiro atoms. The number of aryl methyl sites for hydroxylation is 1. The van der Waals surface area contributed by atoms with Crippen molar-refractivity contribution in [1.29, 1.82) is 0 Å². The fourth-order valence-electron chi connectivity index (χ4n) is 4.38. The molecule has 0 radical (unpaired) electrons. The third-order valence-corrected chi connectivity index (χ3v) is 6.09. The van der Waals surface area contributed by atoms with Crippen molar-refractivity contribution in [3.05, 3.63) is 89.3 Å². The van der Waals surface area contributed by atoms with Crippen LogP contribution in [-0.2, 0) is 6.54 Å². The van der Waals surface area contributed by atoms with Crippen LogP contribution in [-0.4, -0.2) is 41.6 Å². The topological polar surface area (TPSA) is 41.6 Å². The number of aromatic nitrogens is 1. The third-order valence-electron chi connectivity index (χ3n) is 6.09. The standard InChI is InChI=1S/C25H23F2N3O2/c1-17-4-2-3-5-21(17)28-9-11-29(12-10-28)25(31)23-15-24-22(8-13-32-24)30(23)16-18-6-7-19(26)20(27)14-18/h2-8,13-15H,9-12,16H2,1H3. The first-order valence-corrected chi connectivity index (χ1v) is 10.6. The molecule has 4 aromatic rings. The van der Waals surface area contributed by atoms with Gasteiger partial charge >= 0.3 is 0 Å². The van der Waals surface area contributed by atoms with E-state index in [4.69, 9.17) is 4.42 Å². The van der Waals surface area contributed by atoms with Gasteiger partial charge in [-0.05, 0) is 36.2 Å². The summed E-state index contributed by atoms with van der Waals surface area (Å²) in [5.41, 5.74) is 4.80. The molecule has 0 unspecified atom stereocenters. The summed E-state index contributed by atoms with van der Waals surface area (Å²) < 4.78 is 34.4. The van der Waals surface area contributed by atoms with Gasteiger partial charge in [-0.2, -0.15) is 0 Å². The van der Waals surface area contributed by atoms with E-state index in [2.05, 4.69) is 24.0 Å². The van der Waals surface area contributed by atoms with Gasteiger partial charge in [-0.15, -0.1) is 0 Å². The molecule has 0 saturated carbocycles. The number of fused-ring (bicyclic) bond motifs is 1. The molecule has 164 valence electrons. The number of furan rings is 1. The first-order chi connectivity index (χ1) is 15.5. The Morgan fingerprint density at radius 2 is 1.75 bits per heavy atom. The van der Waals surface area contributed by atoms with Gasteiger partial charge in [0, 0.05) is 50.5 Å². The van der Waals surface area contributed by atoms with E-state index in [0.29, 0.717) is 29.9 Å². The van der Waals surface area contributed by atoms with Crippen molar-refractivity contribution in [3.8, 4) is 0 Å².